The van der Waals surface area contributed by atoms with E-state index >= 15 is 0 Å². The Kier molecular flexibility index (Phi) is 5.76. The number of aryl methyl sites for hydroxylation is 1. The number of hydrogen-bond acceptors (Lipinski definition) is 2. The highest BCUT2D eigenvalue weighted by atomic mass is 19.4. The molecule has 0 aliphatic carbocycles. The van der Waals surface area contributed by atoms with E-state index in [1.165, 1.54) is 37.3 Å². The summed E-state index contributed by atoms with van der Waals surface area (Å²) in [6.07, 6.45) is -1.75. The predicted molar refractivity (Wildman–Crippen MR) is 121 cm³/mol. The highest BCUT2D eigenvalue weighted by molar-refractivity contribution is 5.95. The molecule has 8 heteroatoms. The number of benzene rings is 3. The van der Waals surface area contributed by atoms with Gasteiger partial charge in [-0.25, -0.2) is 9.37 Å². The standard InChI is InChI=1S/C25H19F4N3O/c1-14-7-8-16(19(11-14)25(27,28)29)9-10-24-31-22-12-18(20(26)13-23(22)32-24)17-5-3-4-6-21(17)30-15(2)33/h3-13H,1-2H3,(H,30,33)(H,31,32)/b10-9+. The van der Waals surface area contributed by atoms with Gasteiger partial charge in [-0.3, -0.25) is 4.79 Å². The number of fused-ring (bicyclic) bond motifs is 1. The van der Waals surface area contributed by atoms with Crippen LogP contribution in [-0.4, -0.2) is 15.9 Å². The summed E-state index contributed by atoms with van der Waals surface area (Å²) in [5.74, 6) is -0.534. The molecule has 33 heavy (non-hydrogen) atoms. The van der Waals surface area contributed by atoms with Crippen molar-refractivity contribution in [2.45, 2.75) is 20.0 Å². The molecule has 0 aliphatic rings. The van der Waals surface area contributed by atoms with Crippen LogP contribution >= 0.6 is 0 Å². The number of para-hydroxylation sites is 1. The van der Waals surface area contributed by atoms with E-state index in [-0.39, 0.29) is 22.9 Å². The molecular formula is C25H19F4N3O. The fourth-order valence-electron chi connectivity index (χ4n) is 3.58. The summed E-state index contributed by atoms with van der Waals surface area (Å²) in [5.41, 5.74) is 1.79. The molecule has 1 amide bonds. The first-order valence-corrected chi connectivity index (χ1v) is 10.0. The van der Waals surface area contributed by atoms with Crippen LogP contribution in [0.2, 0.25) is 0 Å². The predicted octanol–water partition coefficient (Wildman–Crippen LogP) is 6.83. The lowest BCUT2D eigenvalue weighted by Gasteiger charge is -2.11. The third-order valence-electron chi connectivity index (χ3n) is 5.05. The number of aromatic amines is 1. The van der Waals surface area contributed by atoms with E-state index < -0.39 is 17.6 Å². The van der Waals surface area contributed by atoms with Crippen molar-refractivity contribution in [1.82, 2.24) is 9.97 Å². The summed E-state index contributed by atoms with van der Waals surface area (Å²) in [4.78, 5) is 18.8. The van der Waals surface area contributed by atoms with E-state index in [4.69, 9.17) is 0 Å². The molecule has 0 aliphatic heterocycles. The van der Waals surface area contributed by atoms with E-state index in [1.54, 1.807) is 37.3 Å². The lowest BCUT2D eigenvalue weighted by Crippen LogP contribution is -2.07. The first-order chi connectivity index (χ1) is 15.6. The maximum absolute atomic E-state index is 14.9. The molecule has 0 atom stereocenters. The fourth-order valence-corrected chi connectivity index (χ4v) is 3.58. The molecule has 2 N–H and O–H groups in total. The van der Waals surface area contributed by atoms with Crippen LogP contribution in [0.1, 0.15) is 29.4 Å². The van der Waals surface area contributed by atoms with Gasteiger partial charge < -0.3 is 10.3 Å². The first kappa shape index (κ1) is 22.3. The van der Waals surface area contributed by atoms with Gasteiger partial charge in [0.25, 0.3) is 0 Å². The third kappa shape index (κ3) is 4.79. The minimum absolute atomic E-state index is 0.00432. The zero-order valence-corrected chi connectivity index (χ0v) is 17.7. The van der Waals surface area contributed by atoms with Gasteiger partial charge in [0, 0.05) is 29.8 Å². The van der Waals surface area contributed by atoms with Crippen molar-refractivity contribution < 1.29 is 22.4 Å². The van der Waals surface area contributed by atoms with Gasteiger partial charge in [-0.1, -0.05) is 42.0 Å². The number of nitrogens with zero attached hydrogens (tertiary/aromatic N) is 1. The number of halogens is 4. The van der Waals surface area contributed by atoms with Crippen LogP contribution in [-0.2, 0) is 11.0 Å². The fraction of sp³-hybridized carbons (Fsp3) is 0.120. The molecule has 1 aromatic heterocycles. The minimum atomic E-state index is -4.49. The molecule has 0 spiro atoms. The van der Waals surface area contributed by atoms with Crippen molar-refractivity contribution in [1.29, 1.82) is 0 Å². The summed E-state index contributed by atoms with van der Waals surface area (Å²) in [6.45, 7) is 2.96. The number of anilines is 1. The molecule has 4 nitrogen and oxygen atoms in total. The Morgan fingerprint density at radius 1 is 1.03 bits per heavy atom. The maximum atomic E-state index is 14.9. The summed E-state index contributed by atoms with van der Waals surface area (Å²) in [7, 11) is 0. The molecule has 1 heterocycles. The zero-order chi connectivity index (χ0) is 23.8. The first-order valence-electron chi connectivity index (χ1n) is 10.0. The minimum Gasteiger partial charge on any atom is -0.338 e. The Balaban J connectivity index is 1.73. The van der Waals surface area contributed by atoms with E-state index in [1.807, 2.05) is 0 Å². The van der Waals surface area contributed by atoms with Crippen molar-refractivity contribution >= 4 is 34.8 Å². The highest BCUT2D eigenvalue weighted by Crippen LogP contribution is 2.34. The van der Waals surface area contributed by atoms with Crippen molar-refractivity contribution in [3.05, 3.63) is 82.9 Å². The molecule has 0 unspecified atom stereocenters. The van der Waals surface area contributed by atoms with Crippen LogP contribution in [0.5, 0.6) is 0 Å². The molecule has 4 rings (SSSR count). The van der Waals surface area contributed by atoms with Crippen LogP contribution in [0.3, 0.4) is 0 Å². The lowest BCUT2D eigenvalue weighted by molar-refractivity contribution is -0.137. The molecule has 0 radical (unpaired) electrons. The number of H-pyrrole nitrogens is 1. The number of carbonyl (C=O) groups is 1. The smallest absolute Gasteiger partial charge is 0.338 e. The Hall–Kier alpha value is -3.94. The van der Waals surface area contributed by atoms with Crippen molar-refractivity contribution in [2.24, 2.45) is 0 Å². The number of aromatic nitrogens is 2. The quantitative estimate of drug-likeness (QED) is 0.333. The highest BCUT2D eigenvalue weighted by Gasteiger charge is 2.32. The van der Waals surface area contributed by atoms with Crippen LogP contribution in [0.15, 0.2) is 54.6 Å². The van der Waals surface area contributed by atoms with Crippen molar-refractivity contribution in [3.8, 4) is 11.1 Å². The van der Waals surface area contributed by atoms with E-state index in [0.717, 1.165) is 6.07 Å². The summed E-state index contributed by atoms with van der Waals surface area (Å²) >= 11 is 0. The van der Waals surface area contributed by atoms with Crippen LogP contribution in [0.4, 0.5) is 23.2 Å². The summed E-state index contributed by atoms with van der Waals surface area (Å²) in [6, 6.07) is 13.7. The Morgan fingerprint density at radius 2 is 1.79 bits per heavy atom. The monoisotopic (exact) mass is 453 g/mol. The number of imidazole rings is 1. The molecular weight excluding hydrogens is 434 g/mol. The molecule has 0 saturated carbocycles. The molecule has 3 aromatic carbocycles. The Bertz CT molecular complexity index is 1390. The van der Waals surface area contributed by atoms with Crippen molar-refractivity contribution in [2.75, 3.05) is 5.32 Å². The number of hydrogen-bond donors (Lipinski definition) is 2. The van der Waals surface area contributed by atoms with Gasteiger partial charge in [-0.05, 0) is 36.8 Å². The van der Waals surface area contributed by atoms with Crippen LogP contribution in [0.25, 0.3) is 34.3 Å². The van der Waals surface area contributed by atoms with Gasteiger partial charge in [-0.15, -0.1) is 0 Å². The van der Waals surface area contributed by atoms with Crippen LogP contribution in [0, 0.1) is 12.7 Å². The van der Waals surface area contributed by atoms with Crippen molar-refractivity contribution in [3.63, 3.8) is 0 Å². The topological polar surface area (TPSA) is 57.8 Å². The van der Waals surface area contributed by atoms with Gasteiger partial charge in [0.2, 0.25) is 5.91 Å². The second-order valence-corrected chi connectivity index (χ2v) is 7.62. The second-order valence-electron chi connectivity index (χ2n) is 7.62. The largest absolute Gasteiger partial charge is 0.416 e. The number of alkyl halides is 3. The molecule has 4 aromatic rings. The summed E-state index contributed by atoms with van der Waals surface area (Å²) < 4.78 is 55.0. The summed E-state index contributed by atoms with van der Waals surface area (Å²) in [5, 5.41) is 2.68. The maximum Gasteiger partial charge on any atom is 0.416 e. The van der Waals surface area contributed by atoms with E-state index in [0.29, 0.717) is 27.8 Å². The number of carbonyl (C=O) groups excluding carboxylic acids is 1. The van der Waals surface area contributed by atoms with E-state index in [2.05, 4.69) is 15.3 Å². The Labute approximate surface area is 187 Å². The average Bonchev–Trinajstić information content (AvgIpc) is 3.13. The zero-order valence-electron chi connectivity index (χ0n) is 17.7. The van der Waals surface area contributed by atoms with E-state index in [9.17, 15) is 22.4 Å². The molecule has 0 bridgehead atoms. The number of nitrogens with one attached hydrogen (secondary N) is 2. The van der Waals surface area contributed by atoms with Crippen LogP contribution < -0.4 is 5.32 Å². The average molecular weight is 453 g/mol. The Morgan fingerprint density at radius 3 is 2.52 bits per heavy atom. The molecule has 0 saturated heterocycles. The van der Waals surface area contributed by atoms with Gasteiger partial charge >= 0.3 is 6.18 Å². The van der Waals surface area contributed by atoms with Gasteiger partial charge in [0.15, 0.2) is 0 Å². The molecule has 0 fully saturated rings. The van der Waals surface area contributed by atoms with Gasteiger partial charge in [-0.2, -0.15) is 13.2 Å². The number of rotatable bonds is 4. The van der Waals surface area contributed by atoms with Gasteiger partial charge in [0.05, 0.1) is 16.6 Å². The number of amides is 1. The van der Waals surface area contributed by atoms with Gasteiger partial charge in [0.1, 0.15) is 11.6 Å². The second kappa shape index (κ2) is 8.54. The SMILES string of the molecule is CC(=O)Nc1ccccc1-c1cc2nc(/C=C/c3ccc(C)cc3C(F)(F)F)[nH]c2cc1F. The lowest BCUT2D eigenvalue weighted by atomic mass is 10.0. The normalized spacial score (nSPS) is 11.9. The molecule has 168 valence electrons. The third-order valence-corrected chi connectivity index (χ3v) is 5.05.